The molecule has 0 aliphatic heterocycles. The molecule has 4 heteroatoms. The Kier molecular flexibility index (Phi) is 5.60. The molecule has 2 N–H and O–H groups in total. The Morgan fingerprint density at radius 1 is 1.50 bits per heavy atom. The van der Waals surface area contributed by atoms with Crippen LogP contribution in [-0.4, -0.2) is 17.8 Å². The van der Waals surface area contributed by atoms with Crippen molar-refractivity contribution >= 4 is 5.69 Å². The lowest BCUT2D eigenvalue weighted by atomic mass is 10.00. The van der Waals surface area contributed by atoms with Crippen LogP contribution in [0.1, 0.15) is 32.3 Å². The first-order valence-electron chi connectivity index (χ1n) is 6.18. The molecular weight excluding hydrogens is 231 g/mol. The minimum Gasteiger partial charge on any atom is -0.396 e. The summed E-state index contributed by atoms with van der Waals surface area (Å²) in [5, 5.41) is 21.2. The summed E-state index contributed by atoms with van der Waals surface area (Å²) in [6.45, 7) is 4.11. The first kappa shape index (κ1) is 14.5. The van der Waals surface area contributed by atoms with E-state index in [4.69, 9.17) is 10.4 Å². The minimum absolute atomic E-state index is 0.0487. The standard InChI is InChI=1S/C14H19FN2O/c1-3-11(7-10(2)9-18)17-14-6-4-5-13(15)12(14)8-16/h4-6,10-11,17-18H,3,7,9H2,1-2H3/t10-,11-/m0/s1. The quantitative estimate of drug-likeness (QED) is 0.816. The van der Waals surface area contributed by atoms with Crippen LogP contribution in [-0.2, 0) is 0 Å². The van der Waals surface area contributed by atoms with Crippen molar-refractivity contribution < 1.29 is 9.50 Å². The Bertz CT molecular complexity index is 428. The number of nitriles is 1. The van der Waals surface area contributed by atoms with Crippen LogP contribution in [0.4, 0.5) is 10.1 Å². The van der Waals surface area contributed by atoms with E-state index in [9.17, 15) is 4.39 Å². The van der Waals surface area contributed by atoms with Gasteiger partial charge in [-0.1, -0.05) is 19.9 Å². The zero-order valence-electron chi connectivity index (χ0n) is 10.8. The molecule has 0 aromatic heterocycles. The van der Waals surface area contributed by atoms with E-state index in [2.05, 4.69) is 5.32 Å². The van der Waals surface area contributed by atoms with E-state index in [1.807, 2.05) is 19.9 Å². The lowest BCUT2D eigenvalue weighted by molar-refractivity contribution is 0.224. The predicted molar refractivity (Wildman–Crippen MR) is 69.7 cm³/mol. The van der Waals surface area contributed by atoms with Crippen LogP contribution >= 0.6 is 0 Å². The van der Waals surface area contributed by atoms with Gasteiger partial charge in [0.2, 0.25) is 0 Å². The molecule has 1 aromatic carbocycles. The van der Waals surface area contributed by atoms with Gasteiger partial charge in [0, 0.05) is 12.6 Å². The third kappa shape index (κ3) is 3.71. The van der Waals surface area contributed by atoms with Crippen molar-refractivity contribution in [2.24, 2.45) is 5.92 Å². The molecule has 0 saturated carbocycles. The lowest BCUT2D eigenvalue weighted by Crippen LogP contribution is -2.23. The van der Waals surface area contributed by atoms with Gasteiger partial charge in [0.25, 0.3) is 0 Å². The van der Waals surface area contributed by atoms with Gasteiger partial charge < -0.3 is 10.4 Å². The number of nitrogens with zero attached hydrogens (tertiary/aromatic N) is 1. The van der Waals surface area contributed by atoms with Crippen molar-refractivity contribution in [1.29, 1.82) is 5.26 Å². The first-order chi connectivity index (χ1) is 8.62. The van der Waals surface area contributed by atoms with E-state index in [1.165, 1.54) is 6.07 Å². The van der Waals surface area contributed by atoms with Crippen molar-refractivity contribution in [3.05, 3.63) is 29.6 Å². The third-order valence-electron chi connectivity index (χ3n) is 2.98. The fraction of sp³-hybridized carbons (Fsp3) is 0.500. The van der Waals surface area contributed by atoms with Crippen molar-refractivity contribution in [2.75, 3.05) is 11.9 Å². The molecule has 0 radical (unpaired) electrons. The maximum atomic E-state index is 13.4. The number of benzene rings is 1. The van der Waals surface area contributed by atoms with Crippen LogP contribution in [0.2, 0.25) is 0 Å². The normalized spacial score (nSPS) is 13.7. The molecule has 0 aliphatic rings. The maximum absolute atomic E-state index is 13.4. The molecule has 0 unspecified atom stereocenters. The zero-order valence-corrected chi connectivity index (χ0v) is 10.8. The molecule has 18 heavy (non-hydrogen) atoms. The van der Waals surface area contributed by atoms with Crippen molar-refractivity contribution in [2.45, 2.75) is 32.7 Å². The van der Waals surface area contributed by atoms with Crippen LogP contribution < -0.4 is 5.32 Å². The van der Waals surface area contributed by atoms with Gasteiger partial charge in [-0.05, 0) is 30.9 Å². The molecule has 98 valence electrons. The number of nitrogens with one attached hydrogen (secondary N) is 1. The Labute approximate surface area is 107 Å². The van der Waals surface area contributed by atoms with Gasteiger partial charge >= 0.3 is 0 Å². The Hall–Kier alpha value is -1.60. The molecule has 2 atom stereocenters. The highest BCUT2D eigenvalue weighted by atomic mass is 19.1. The summed E-state index contributed by atoms with van der Waals surface area (Å²) in [4.78, 5) is 0. The molecule has 0 bridgehead atoms. The largest absolute Gasteiger partial charge is 0.396 e. The van der Waals surface area contributed by atoms with Gasteiger partial charge in [0.1, 0.15) is 17.4 Å². The van der Waals surface area contributed by atoms with Gasteiger partial charge in [-0.3, -0.25) is 0 Å². The summed E-state index contributed by atoms with van der Waals surface area (Å²) in [7, 11) is 0. The maximum Gasteiger partial charge on any atom is 0.143 e. The Morgan fingerprint density at radius 3 is 2.78 bits per heavy atom. The number of halogens is 1. The topological polar surface area (TPSA) is 56.0 Å². The Morgan fingerprint density at radius 2 is 2.22 bits per heavy atom. The summed E-state index contributed by atoms with van der Waals surface area (Å²) in [6.07, 6.45) is 1.64. The number of aliphatic hydroxyl groups excluding tert-OH is 1. The average molecular weight is 250 g/mol. The molecule has 0 saturated heterocycles. The minimum atomic E-state index is -0.507. The number of rotatable bonds is 6. The molecule has 0 heterocycles. The second-order valence-corrected chi connectivity index (χ2v) is 4.55. The van der Waals surface area contributed by atoms with Gasteiger partial charge in [-0.2, -0.15) is 5.26 Å². The molecule has 1 rings (SSSR count). The predicted octanol–water partition coefficient (Wildman–Crippen LogP) is 2.91. The van der Waals surface area contributed by atoms with Gasteiger partial charge in [-0.15, -0.1) is 0 Å². The number of hydrogen-bond donors (Lipinski definition) is 2. The summed E-state index contributed by atoms with van der Waals surface area (Å²) in [5.41, 5.74) is 0.571. The second-order valence-electron chi connectivity index (χ2n) is 4.55. The van der Waals surface area contributed by atoms with Crippen molar-refractivity contribution in [3.8, 4) is 6.07 Å². The van der Waals surface area contributed by atoms with Crippen LogP contribution in [0.3, 0.4) is 0 Å². The lowest BCUT2D eigenvalue weighted by Gasteiger charge is -2.21. The monoisotopic (exact) mass is 250 g/mol. The first-order valence-corrected chi connectivity index (χ1v) is 6.18. The number of hydrogen-bond acceptors (Lipinski definition) is 3. The summed E-state index contributed by atoms with van der Waals surface area (Å²) in [5.74, 6) is -0.325. The van der Waals surface area contributed by atoms with Crippen LogP contribution in [0.5, 0.6) is 0 Å². The molecule has 3 nitrogen and oxygen atoms in total. The van der Waals surface area contributed by atoms with E-state index in [0.29, 0.717) is 5.69 Å². The van der Waals surface area contributed by atoms with E-state index in [0.717, 1.165) is 12.8 Å². The molecule has 0 amide bonds. The molecule has 1 aromatic rings. The fourth-order valence-electron chi connectivity index (χ4n) is 1.87. The molecular formula is C14H19FN2O. The van der Waals surface area contributed by atoms with E-state index >= 15 is 0 Å². The van der Waals surface area contributed by atoms with E-state index in [1.54, 1.807) is 12.1 Å². The Balaban J connectivity index is 2.82. The summed E-state index contributed by atoms with van der Waals surface area (Å²) in [6, 6.07) is 6.56. The zero-order chi connectivity index (χ0) is 13.5. The fourth-order valence-corrected chi connectivity index (χ4v) is 1.87. The number of aliphatic hydroxyl groups is 1. The molecule has 0 spiro atoms. The number of anilines is 1. The third-order valence-corrected chi connectivity index (χ3v) is 2.98. The van der Waals surface area contributed by atoms with E-state index in [-0.39, 0.29) is 24.1 Å². The SMILES string of the molecule is CC[C@@H](C[C@H](C)CO)Nc1cccc(F)c1C#N. The van der Waals surface area contributed by atoms with Crippen molar-refractivity contribution in [1.82, 2.24) is 0 Å². The average Bonchev–Trinajstić information content (AvgIpc) is 2.38. The van der Waals surface area contributed by atoms with Crippen LogP contribution in [0.25, 0.3) is 0 Å². The smallest absolute Gasteiger partial charge is 0.143 e. The molecule has 0 fully saturated rings. The van der Waals surface area contributed by atoms with E-state index < -0.39 is 5.82 Å². The second kappa shape index (κ2) is 6.97. The van der Waals surface area contributed by atoms with Gasteiger partial charge in [0.05, 0.1) is 5.69 Å². The highest BCUT2D eigenvalue weighted by Crippen LogP contribution is 2.21. The van der Waals surface area contributed by atoms with Crippen LogP contribution in [0, 0.1) is 23.1 Å². The van der Waals surface area contributed by atoms with Gasteiger partial charge in [-0.25, -0.2) is 4.39 Å². The van der Waals surface area contributed by atoms with Crippen LogP contribution in [0.15, 0.2) is 18.2 Å². The van der Waals surface area contributed by atoms with Crippen molar-refractivity contribution in [3.63, 3.8) is 0 Å². The summed E-state index contributed by atoms with van der Waals surface area (Å²) >= 11 is 0. The highest BCUT2D eigenvalue weighted by molar-refractivity contribution is 5.58. The van der Waals surface area contributed by atoms with Gasteiger partial charge in [0.15, 0.2) is 0 Å². The summed E-state index contributed by atoms with van der Waals surface area (Å²) < 4.78 is 13.4. The molecule has 0 aliphatic carbocycles. The highest BCUT2D eigenvalue weighted by Gasteiger charge is 2.14.